The Kier molecular flexibility index (Phi) is 6.08. The number of aromatic nitrogens is 2. The van der Waals surface area contributed by atoms with Gasteiger partial charge in [0.25, 0.3) is 0 Å². The maximum Gasteiger partial charge on any atom is 0.0863 e. The number of hydrogen-bond acceptors (Lipinski definition) is 3. The van der Waals surface area contributed by atoms with E-state index in [4.69, 9.17) is 11.6 Å². The Balaban J connectivity index is 2.06. The average Bonchev–Trinajstić information content (AvgIpc) is 2.73. The normalized spacial score (nSPS) is 20.4. The molecule has 0 aliphatic carbocycles. The highest BCUT2D eigenvalue weighted by Gasteiger charge is 2.25. The van der Waals surface area contributed by atoms with Crippen LogP contribution in [-0.4, -0.2) is 39.9 Å². The molecule has 1 unspecified atom stereocenters. The Labute approximate surface area is 133 Å². The molecule has 5 heteroatoms. The second-order valence-corrected chi connectivity index (χ2v) is 6.75. The van der Waals surface area contributed by atoms with Gasteiger partial charge in [-0.15, -0.1) is 0 Å². The number of likely N-dealkylation sites (tertiary alicyclic amines) is 1. The molecule has 120 valence electrons. The zero-order valence-corrected chi connectivity index (χ0v) is 14.6. The van der Waals surface area contributed by atoms with Crippen molar-refractivity contribution in [1.82, 2.24) is 20.0 Å². The smallest absolute Gasteiger partial charge is 0.0863 e. The number of rotatable bonds is 6. The summed E-state index contributed by atoms with van der Waals surface area (Å²) in [6.45, 7) is 9.65. The molecule has 1 aromatic heterocycles. The largest absolute Gasteiger partial charge is 0.313 e. The molecule has 0 radical (unpaired) electrons. The summed E-state index contributed by atoms with van der Waals surface area (Å²) < 4.78 is 1.96. The van der Waals surface area contributed by atoms with Crippen molar-refractivity contribution in [1.29, 1.82) is 0 Å². The molecule has 1 aliphatic heterocycles. The SMILES string of the molecule is CCc1nn(C)c(CN2CCCCC2CNC(C)C)c1Cl. The summed E-state index contributed by atoms with van der Waals surface area (Å²) in [6.07, 6.45) is 4.79. The van der Waals surface area contributed by atoms with E-state index in [1.54, 1.807) is 0 Å². The van der Waals surface area contributed by atoms with Crippen molar-refractivity contribution in [2.24, 2.45) is 7.05 Å². The van der Waals surface area contributed by atoms with E-state index in [9.17, 15) is 0 Å². The van der Waals surface area contributed by atoms with Gasteiger partial charge in [-0.25, -0.2) is 0 Å². The zero-order chi connectivity index (χ0) is 15.4. The minimum Gasteiger partial charge on any atom is -0.313 e. The van der Waals surface area contributed by atoms with Crippen LogP contribution in [0.25, 0.3) is 0 Å². The Bertz CT molecular complexity index is 455. The fraction of sp³-hybridized carbons (Fsp3) is 0.812. The summed E-state index contributed by atoms with van der Waals surface area (Å²) >= 11 is 6.50. The monoisotopic (exact) mass is 312 g/mol. The second-order valence-electron chi connectivity index (χ2n) is 6.37. The lowest BCUT2D eigenvalue weighted by Gasteiger charge is -2.36. The summed E-state index contributed by atoms with van der Waals surface area (Å²) in [5.74, 6) is 0. The third kappa shape index (κ3) is 4.21. The predicted octanol–water partition coefficient (Wildman–Crippen LogP) is 2.99. The van der Waals surface area contributed by atoms with Gasteiger partial charge >= 0.3 is 0 Å². The summed E-state index contributed by atoms with van der Waals surface area (Å²) in [5, 5.41) is 8.98. The molecule has 1 aromatic rings. The maximum atomic E-state index is 6.50. The molecular formula is C16H29ClN4. The van der Waals surface area contributed by atoms with Crippen molar-refractivity contribution in [2.45, 2.75) is 65.1 Å². The van der Waals surface area contributed by atoms with E-state index in [1.807, 2.05) is 11.7 Å². The van der Waals surface area contributed by atoms with Gasteiger partial charge < -0.3 is 5.32 Å². The zero-order valence-electron chi connectivity index (χ0n) is 13.8. The molecular weight excluding hydrogens is 284 g/mol. The predicted molar refractivity (Wildman–Crippen MR) is 88.8 cm³/mol. The van der Waals surface area contributed by atoms with Gasteiger partial charge in [-0.05, 0) is 25.8 Å². The van der Waals surface area contributed by atoms with E-state index in [-0.39, 0.29) is 0 Å². The summed E-state index contributed by atoms with van der Waals surface area (Å²) in [5.41, 5.74) is 2.17. The first-order valence-electron chi connectivity index (χ1n) is 8.20. The van der Waals surface area contributed by atoms with Crippen LogP contribution >= 0.6 is 11.6 Å². The molecule has 1 saturated heterocycles. The van der Waals surface area contributed by atoms with Gasteiger partial charge in [-0.1, -0.05) is 38.8 Å². The Hall–Kier alpha value is -0.580. The highest BCUT2D eigenvalue weighted by atomic mass is 35.5. The molecule has 2 rings (SSSR count). The fourth-order valence-electron chi connectivity index (χ4n) is 3.06. The minimum absolute atomic E-state index is 0.542. The van der Waals surface area contributed by atoms with Crippen molar-refractivity contribution in [2.75, 3.05) is 13.1 Å². The summed E-state index contributed by atoms with van der Waals surface area (Å²) in [6, 6.07) is 1.15. The standard InChI is InChI=1S/C16H29ClN4/c1-5-14-16(17)15(20(4)19-14)11-21-9-7-6-8-13(21)10-18-12(2)3/h12-13,18H,5-11H2,1-4H3. The molecule has 2 heterocycles. The number of halogens is 1. The van der Waals surface area contributed by atoms with Crippen LogP contribution in [0.1, 0.15) is 51.4 Å². The van der Waals surface area contributed by atoms with Crippen molar-refractivity contribution >= 4 is 11.6 Å². The molecule has 1 N–H and O–H groups in total. The van der Waals surface area contributed by atoms with E-state index < -0.39 is 0 Å². The first-order valence-corrected chi connectivity index (χ1v) is 8.58. The van der Waals surface area contributed by atoms with Crippen LogP contribution in [-0.2, 0) is 20.0 Å². The molecule has 0 saturated carbocycles. The van der Waals surface area contributed by atoms with Crippen LogP contribution in [0.4, 0.5) is 0 Å². The van der Waals surface area contributed by atoms with Crippen molar-refractivity contribution in [3.05, 3.63) is 16.4 Å². The van der Waals surface area contributed by atoms with Crippen LogP contribution in [0.15, 0.2) is 0 Å². The third-order valence-corrected chi connectivity index (χ3v) is 4.80. The number of nitrogens with zero attached hydrogens (tertiary/aromatic N) is 3. The quantitative estimate of drug-likeness (QED) is 0.876. The van der Waals surface area contributed by atoms with Gasteiger partial charge in [-0.2, -0.15) is 5.10 Å². The van der Waals surface area contributed by atoms with E-state index in [1.165, 1.54) is 19.3 Å². The topological polar surface area (TPSA) is 33.1 Å². The molecule has 4 nitrogen and oxygen atoms in total. The van der Waals surface area contributed by atoms with Crippen LogP contribution in [0.2, 0.25) is 5.02 Å². The van der Waals surface area contributed by atoms with E-state index in [0.29, 0.717) is 12.1 Å². The summed E-state index contributed by atoms with van der Waals surface area (Å²) in [4.78, 5) is 2.57. The first kappa shape index (κ1) is 16.8. The van der Waals surface area contributed by atoms with Crippen LogP contribution in [0, 0.1) is 0 Å². The lowest BCUT2D eigenvalue weighted by molar-refractivity contribution is 0.132. The highest BCUT2D eigenvalue weighted by molar-refractivity contribution is 6.31. The molecule has 1 aliphatic rings. The van der Waals surface area contributed by atoms with Crippen molar-refractivity contribution in [3.63, 3.8) is 0 Å². The van der Waals surface area contributed by atoms with Crippen LogP contribution < -0.4 is 5.32 Å². The van der Waals surface area contributed by atoms with Crippen LogP contribution in [0.3, 0.4) is 0 Å². The van der Waals surface area contributed by atoms with E-state index >= 15 is 0 Å². The van der Waals surface area contributed by atoms with Gasteiger partial charge in [0.1, 0.15) is 0 Å². The van der Waals surface area contributed by atoms with Gasteiger partial charge in [0.05, 0.1) is 16.4 Å². The number of aryl methyl sites for hydroxylation is 2. The fourth-order valence-corrected chi connectivity index (χ4v) is 3.41. The van der Waals surface area contributed by atoms with Gasteiger partial charge in [-0.3, -0.25) is 9.58 Å². The van der Waals surface area contributed by atoms with Gasteiger partial charge in [0, 0.05) is 32.2 Å². The molecule has 1 atom stereocenters. The average molecular weight is 313 g/mol. The maximum absolute atomic E-state index is 6.50. The van der Waals surface area contributed by atoms with Gasteiger partial charge in [0.2, 0.25) is 0 Å². The number of hydrogen-bond donors (Lipinski definition) is 1. The first-order chi connectivity index (χ1) is 10.0. The molecule has 0 bridgehead atoms. The minimum atomic E-state index is 0.542. The second kappa shape index (κ2) is 7.61. The van der Waals surface area contributed by atoms with E-state index in [0.717, 1.165) is 42.5 Å². The van der Waals surface area contributed by atoms with E-state index in [2.05, 4.69) is 36.1 Å². The highest BCUT2D eigenvalue weighted by Crippen LogP contribution is 2.25. The van der Waals surface area contributed by atoms with Crippen molar-refractivity contribution in [3.8, 4) is 0 Å². The Morgan fingerprint density at radius 1 is 1.38 bits per heavy atom. The molecule has 21 heavy (non-hydrogen) atoms. The van der Waals surface area contributed by atoms with Crippen LogP contribution in [0.5, 0.6) is 0 Å². The lowest BCUT2D eigenvalue weighted by atomic mass is 10.0. The third-order valence-electron chi connectivity index (χ3n) is 4.37. The Morgan fingerprint density at radius 3 is 2.76 bits per heavy atom. The van der Waals surface area contributed by atoms with Gasteiger partial charge in [0.15, 0.2) is 0 Å². The molecule has 0 amide bonds. The Morgan fingerprint density at radius 2 is 2.14 bits per heavy atom. The number of piperidine rings is 1. The lowest BCUT2D eigenvalue weighted by Crippen LogP contribution is -2.46. The molecule has 0 aromatic carbocycles. The summed E-state index contributed by atoms with van der Waals surface area (Å²) in [7, 11) is 2.01. The number of nitrogens with one attached hydrogen (secondary N) is 1. The van der Waals surface area contributed by atoms with Crippen molar-refractivity contribution < 1.29 is 0 Å². The molecule has 1 fully saturated rings. The molecule has 0 spiro atoms.